The molecular weight excluding hydrogens is 392 g/mol. The lowest BCUT2D eigenvalue weighted by Gasteiger charge is -2.25. The Balaban J connectivity index is 1.39. The van der Waals surface area contributed by atoms with E-state index in [0.29, 0.717) is 43.2 Å². The summed E-state index contributed by atoms with van der Waals surface area (Å²) in [5, 5.41) is 3.97. The van der Waals surface area contributed by atoms with Gasteiger partial charge in [0.1, 0.15) is 0 Å². The van der Waals surface area contributed by atoms with Gasteiger partial charge in [0.15, 0.2) is 0 Å². The molecule has 0 spiro atoms. The number of piperidine rings is 1. The van der Waals surface area contributed by atoms with Gasteiger partial charge in [-0.3, -0.25) is 4.79 Å². The molecule has 0 N–H and O–H groups in total. The number of rotatable bonds is 6. The van der Waals surface area contributed by atoms with Crippen LogP contribution in [0.25, 0.3) is 11.4 Å². The van der Waals surface area contributed by atoms with Gasteiger partial charge in [-0.2, -0.15) is 9.29 Å². The summed E-state index contributed by atoms with van der Waals surface area (Å²) in [5.74, 6) is 0.933. The zero-order chi connectivity index (χ0) is 20.3. The third-order valence-electron chi connectivity index (χ3n) is 5.54. The third kappa shape index (κ3) is 4.51. The van der Waals surface area contributed by atoms with E-state index in [1.165, 1.54) is 0 Å². The fraction of sp³-hybridized carbons (Fsp3) is 0.550. The standard InChI is InChI=1S/C20H26N4O4S/c25-19(23-12-4-5-13-23)11-10-18-21-20(22-28-18)16-6-8-17(9-7-16)29(26,27)24-14-2-1-3-15-24/h6-9H,1-5,10-15H2. The van der Waals surface area contributed by atoms with Crippen molar-refractivity contribution in [1.82, 2.24) is 19.3 Å². The molecule has 3 heterocycles. The van der Waals surface area contributed by atoms with Gasteiger partial charge in [0.05, 0.1) is 4.90 Å². The number of carbonyl (C=O) groups is 1. The van der Waals surface area contributed by atoms with Gasteiger partial charge in [0.25, 0.3) is 0 Å². The molecule has 0 unspecified atom stereocenters. The van der Waals surface area contributed by atoms with Crippen LogP contribution in [0.4, 0.5) is 0 Å². The highest BCUT2D eigenvalue weighted by atomic mass is 32.2. The van der Waals surface area contributed by atoms with Crippen LogP contribution in [0, 0.1) is 0 Å². The Bertz CT molecular complexity index is 943. The molecular formula is C20H26N4O4S. The fourth-order valence-electron chi connectivity index (χ4n) is 3.84. The van der Waals surface area contributed by atoms with Gasteiger partial charge in [-0.15, -0.1) is 0 Å². The molecule has 156 valence electrons. The number of likely N-dealkylation sites (tertiary alicyclic amines) is 1. The first kappa shape index (κ1) is 20.0. The SMILES string of the molecule is O=C(CCc1nc(-c2ccc(S(=O)(=O)N3CCCCC3)cc2)no1)N1CCCC1. The maximum Gasteiger partial charge on any atom is 0.243 e. The summed E-state index contributed by atoms with van der Waals surface area (Å²) in [5.41, 5.74) is 0.684. The van der Waals surface area contributed by atoms with E-state index in [9.17, 15) is 13.2 Å². The third-order valence-corrected chi connectivity index (χ3v) is 7.46. The highest BCUT2D eigenvalue weighted by Crippen LogP contribution is 2.23. The van der Waals surface area contributed by atoms with E-state index in [4.69, 9.17) is 4.52 Å². The molecule has 0 bridgehead atoms. The fourth-order valence-corrected chi connectivity index (χ4v) is 5.36. The molecule has 4 rings (SSSR count). The molecule has 29 heavy (non-hydrogen) atoms. The Morgan fingerprint density at radius 2 is 1.62 bits per heavy atom. The van der Waals surface area contributed by atoms with Gasteiger partial charge in [0.2, 0.25) is 27.6 Å². The summed E-state index contributed by atoms with van der Waals surface area (Å²) in [7, 11) is -3.46. The minimum Gasteiger partial charge on any atom is -0.343 e. The zero-order valence-corrected chi connectivity index (χ0v) is 17.2. The number of hydrogen-bond acceptors (Lipinski definition) is 6. The summed E-state index contributed by atoms with van der Waals surface area (Å²) in [6, 6.07) is 6.57. The van der Waals surface area contributed by atoms with Crippen molar-refractivity contribution in [3.8, 4) is 11.4 Å². The Hall–Kier alpha value is -2.26. The van der Waals surface area contributed by atoms with E-state index in [0.717, 1.165) is 45.2 Å². The number of benzene rings is 1. The minimum absolute atomic E-state index is 0.120. The van der Waals surface area contributed by atoms with Gasteiger partial charge in [-0.25, -0.2) is 8.42 Å². The largest absolute Gasteiger partial charge is 0.343 e. The van der Waals surface area contributed by atoms with E-state index >= 15 is 0 Å². The van der Waals surface area contributed by atoms with Crippen LogP contribution < -0.4 is 0 Å². The molecule has 0 saturated carbocycles. The van der Waals surface area contributed by atoms with Crippen molar-refractivity contribution in [1.29, 1.82) is 0 Å². The van der Waals surface area contributed by atoms with Crippen molar-refractivity contribution in [2.45, 2.75) is 49.8 Å². The molecule has 1 aromatic carbocycles. The molecule has 9 heteroatoms. The van der Waals surface area contributed by atoms with E-state index in [-0.39, 0.29) is 10.8 Å². The molecule has 1 aromatic heterocycles. The van der Waals surface area contributed by atoms with E-state index in [1.54, 1.807) is 28.6 Å². The molecule has 2 fully saturated rings. The monoisotopic (exact) mass is 418 g/mol. The number of sulfonamides is 1. The second-order valence-corrected chi connectivity index (χ2v) is 9.53. The van der Waals surface area contributed by atoms with Crippen LogP contribution in [0.1, 0.15) is 44.4 Å². The maximum absolute atomic E-state index is 12.7. The average molecular weight is 419 g/mol. The number of carbonyl (C=O) groups excluding carboxylic acids is 1. The molecule has 2 saturated heterocycles. The van der Waals surface area contributed by atoms with E-state index in [2.05, 4.69) is 10.1 Å². The van der Waals surface area contributed by atoms with Crippen LogP contribution in [0.5, 0.6) is 0 Å². The van der Waals surface area contributed by atoms with Gasteiger partial charge in [-0.1, -0.05) is 11.6 Å². The summed E-state index contributed by atoms with van der Waals surface area (Å²) in [4.78, 5) is 18.6. The molecule has 0 aliphatic carbocycles. The first-order valence-corrected chi connectivity index (χ1v) is 11.7. The van der Waals surface area contributed by atoms with Crippen molar-refractivity contribution in [2.24, 2.45) is 0 Å². The van der Waals surface area contributed by atoms with Crippen LogP contribution in [-0.4, -0.2) is 59.8 Å². The zero-order valence-electron chi connectivity index (χ0n) is 16.4. The Kier molecular flexibility index (Phi) is 5.96. The van der Waals surface area contributed by atoms with E-state index < -0.39 is 10.0 Å². The lowest BCUT2D eigenvalue weighted by Crippen LogP contribution is -2.35. The highest BCUT2D eigenvalue weighted by molar-refractivity contribution is 7.89. The Labute approximate surface area is 170 Å². The molecule has 1 amide bonds. The van der Waals surface area contributed by atoms with Crippen LogP contribution in [0.15, 0.2) is 33.7 Å². The lowest BCUT2D eigenvalue weighted by atomic mass is 10.2. The normalized spacial score (nSPS) is 18.3. The van der Waals surface area contributed by atoms with Crippen molar-refractivity contribution in [3.63, 3.8) is 0 Å². The predicted octanol–water partition coefficient (Wildman–Crippen LogP) is 2.47. The van der Waals surface area contributed by atoms with Gasteiger partial charge in [-0.05, 0) is 49.9 Å². The van der Waals surface area contributed by atoms with Crippen molar-refractivity contribution in [3.05, 3.63) is 30.2 Å². The smallest absolute Gasteiger partial charge is 0.243 e. The minimum atomic E-state index is -3.46. The first-order chi connectivity index (χ1) is 14.0. The van der Waals surface area contributed by atoms with Gasteiger partial charge < -0.3 is 9.42 Å². The average Bonchev–Trinajstić information content (AvgIpc) is 3.45. The van der Waals surface area contributed by atoms with Gasteiger partial charge in [0, 0.05) is 44.6 Å². The highest BCUT2D eigenvalue weighted by Gasteiger charge is 2.26. The van der Waals surface area contributed by atoms with Crippen molar-refractivity contribution in [2.75, 3.05) is 26.2 Å². The Morgan fingerprint density at radius 3 is 2.31 bits per heavy atom. The molecule has 2 aliphatic rings. The van der Waals surface area contributed by atoms with Crippen LogP contribution >= 0.6 is 0 Å². The maximum atomic E-state index is 12.7. The van der Waals surface area contributed by atoms with Crippen LogP contribution in [-0.2, 0) is 21.2 Å². The van der Waals surface area contributed by atoms with Crippen LogP contribution in [0.3, 0.4) is 0 Å². The summed E-state index contributed by atoms with van der Waals surface area (Å²) >= 11 is 0. The topological polar surface area (TPSA) is 96.6 Å². The van der Waals surface area contributed by atoms with Crippen molar-refractivity contribution < 1.29 is 17.7 Å². The quantitative estimate of drug-likeness (QED) is 0.715. The van der Waals surface area contributed by atoms with Gasteiger partial charge >= 0.3 is 0 Å². The Morgan fingerprint density at radius 1 is 0.966 bits per heavy atom. The number of nitrogens with zero attached hydrogens (tertiary/aromatic N) is 4. The number of amides is 1. The second kappa shape index (κ2) is 8.62. The molecule has 0 atom stereocenters. The summed E-state index contributed by atoms with van der Waals surface area (Å²) in [6.45, 7) is 2.82. The number of aromatic nitrogens is 2. The summed E-state index contributed by atoms with van der Waals surface area (Å²) < 4.78 is 32.3. The molecule has 2 aliphatic heterocycles. The molecule has 2 aromatic rings. The number of hydrogen-bond donors (Lipinski definition) is 0. The summed E-state index contributed by atoms with van der Waals surface area (Å²) in [6.07, 6.45) is 5.79. The predicted molar refractivity (Wildman–Crippen MR) is 106 cm³/mol. The number of aryl methyl sites for hydroxylation is 1. The van der Waals surface area contributed by atoms with Crippen molar-refractivity contribution >= 4 is 15.9 Å². The van der Waals surface area contributed by atoms with Crippen LogP contribution in [0.2, 0.25) is 0 Å². The molecule has 0 radical (unpaired) electrons. The molecule has 8 nitrogen and oxygen atoms in total. The van der Waals surface area contributed by atoms with E-state index in [1.807, 2.05) is 4.90 Å². The second-order valence-electron chi connectivity index (χ2n) is 7.59. The first-order valence-electron chi connectivity index (χ1n) is 10.2. The lowest BCUT2D eigenvalue weighted by molar-refractivity contribution is -0.130.